The van der Waals surface area contributed by atoms with E-state index < -0.39 is 6.09 Å². The minimum Gasteiger partial charge on any atom is -0.465 e. The molecule has 2 fully saturated rings. The molecule has 0 aromatic carbocycles. The van der Waals surface area contributed by atoms with Crippen LogP contribution in [0.3, 0.4) is 0 Å². The van der Waals surface area contributed by atoms with Gasteiger partial charge in [0.15, 0.2) is 0 Å². The number of hydrogen-bond acceptors (Lipinski definition) is 2. The third-order valence-electron chi connectivity index (χ3n) is 4.16. The number of piperidine rings is 1. The van der Waals surface area contributed by atoms with Crippen LogP contribution in [0.1, 0.15) is 27.2 Å². The molecule has 4 heteroatoms. The summed E-state index contributed by atoms with van der Waals surface area (Å²) in [7, 11) is 0. The molecule has 15 heavy (non-hydrogen) atoms. The molecule has 2 N–H and O–H groups in total. The second kappa shape index (κ2) is 3.11. The molecule has 0 radical (unpaired) electrons. The number of fused-ring (bicyclic) bond motifs is 1. The summed E-state index contributed by atoms with van der Waals surface area (Å²) in [5.41, 5.74) is 0.119. The zero-order valence-electron chi connectivity index (χ0n) is 9.71. The first-order chi connectivity index (χ1) is 6.87. The van der Waals surface area contributed by atoms with E-state index in [9.17, 15) is 4.79 Å². The zero-order chi connectivity index (χ0) is 11.3. The van der Waals surface area contributed by atoms with Crippen LogP contribution in [0.25, 0.3) is 0 Å². The van der Waals surface area contributed by atoms with Gasteiger partial charge in [-0.05, 0) is 17.8 Å². The maximum Gasteiger partial charge on any atom is 0.407 e. The van der Waals surface area contributed by atoms with Crippen LogP contribution < -0.4 is 5.32 Å². The summed E-state index contributed by atoms with van der Waals surface area (Å²) in [5, 5.41) is 12.5. The van der Waals surface area contributed by atoms with Crippen LogP contribution in [0.2, 0.25) is 0 Å². The Morgan fingerprint density at radius 3 is 2.60 bits per heavy atom. The summed E-state index contributed by atoms with van der Waals surface area (Å²) in [6.45, 7) is 8.95. The number of rotatable bonds is 0. The van der Waals surface area contributed by atoms with Crippen molar-refractivity contribution in [1.82, 2.24) is 10.2 Å². The van der Waals surface area contributed by atoms with Crippen LogP contribution in [-0.4, -0.2) is 41.3 Å². The Hall–Kier alpha value is -0.770. The van der Waals surface area contributed by atoms with E-state index >= 15 is 0 Å². The van der Waals surface area contributed by atoms with E-state index in [-0.39, 0.29) is 11.0 Å². The van der Waals surface area contributed by atoms with Gasteiger partial charge in [0.2, 0.25) is 0 Å². The Kier molecular flexibility index (Phi) is 2.23. The molecule has 0 unspecified atom stereocenters. The minimum atomic E-state index is -0.786. The summed E-state index contributed by atoms with van der Waals surface area (Å²) in [6.07, 6.45) is 0.210. The summed E-state index contributed by atoms with van der Waals surface area (Å²) in [5.74, 6) is 0.646. The van der Waals surface area contributed by atoms with Crippen molar-refractivity contribution in [2.75, 3.05) is 19.6 Å². The van der Waals surface area contributed by atoms with Gasteiger partial charge in [0.1, 0.15) is 0 Å². The van der Waals surface area contributed by atoms with Crippen molar-refractivity contribution in [1.29, 1.82) is 0 Å². The maximum atomic E-state index is 11.0. The van der Waals surface area contributed by atoms with Crippen molar-refractivity contribution in [2.24, 2.45) is 11.3 Å². The van der Waals surface area contributed by atoms with Crippen molar-refractivity contribution in [3.05, 3.63) is 0 Å². The maximum absolute atomic E-state index is 11.0. The van der Waals surface area contributed by atoms with Crippen molar-refractivity contribution >= 4 is 6.09 Å². The topological polar surface area (TPSA) is 52.6 Å². The SMILES string of the molecule is CC(C)(C)[C@@]12CN(C(=O)O)CC[C@@H]1CN2. The van der Waals surface area contributed by atoms with E-state index in [2.05, 4.69) is 26.1 Å². The largest absolute Gasteiger partial charge is 0.465 e. The van der Waals surface area contributed by atoms with Gasteiger partial charge in [-0.15, -0.1) is 0 Å². The van der Waals surface area contributed by atoms with Crippen molar-refractivity contribution in [2.45, 2.75) is 32.7 Å². The molecule has 2 saturated heterocycles. The lowest BCUT2D eigenvalue weighted by Crippen LogP contribution is -2.77. The van der Waals surface area contributed by atoms with Gasteiger partial charge in [-0.25, -0.2) is 4.79 Å². The molecule has 0 bridgehead atoms. The molecule has 86 valence electrons. The van der Waals surface area contributed by atoms with Crippen LogP contribution in [0, 0.1) is 11.3 Å². The van der Waals surface area contributed by atoms with Crippen LogP contribution in [0.4, 0.5) is 4.79 Å². The molecule has 0 saturated carbocycles. The Morgan fingerprint density at radius 1 is 1.53 bits per heavy atom. The fourth-order valence-electron chi connectivity index (χ4n) is 3.00. The molecule has 0 aliphatic carbocycles. The Balaban J connectivity index is 2.19. The number of likely N-dealkylation sites (tertiary alicyclic amines) is 1. The van der Waals surface area contributed by atoms with E-state index in [1.165, 1.54) is 0 Å². The average molecular weight is 212 g/mol. The van der Waals surface area contributed by atoms with E-state index in [0.717, 1.165) is 13.0 Å². The van der Waals surface area contributed by atoms with Crippen molar-refractivity contribution < 1.29 is 9.90 Å². The molecule has 0 aromatic heterocycles. The quantitative estimate of drug-likeness (QED) is 0.637. The standard InChI is InChI=1S/C11H20N2O2/c1-10(2,3)11-7-13(9(14)15)5-4-8(11)6-12-11/h8,12H,4-7H2,1-3H3,(H,14,15)/t8-,11-/m1/s1. The van der Waals surface area contributed by atoms with Gasteiger partial charge in [0.25, 0.3) is 0 Å². The van der Waals surface area contributed by atoms with Crippen LogP contribution >= 0.6 is 0 Å². The van der Waals surface area contributed by atoms with Gasteiger partial charge in [0.05, 0.1) is 0 Å². The van der Waals surface area contributed by atoms with Gasteiger partial charge in [-0.3, -0.25) is 0 Å². The van der Waals surface area contributed by atoms with Crippen LogP contribution in [-0.2, 0) is 0 Å². The second-order valence-electron chi connectivity index (χ2n) is 5.79. The Labute approximate surface area is 90.6 Å². The first-order valence-corrected chi connectivity index (χ1v) is 5.60. The fraction of sp³-hybridized carbons (Fsp3) is 0.909. The number of hydrogen-bond donors (Lipinski definition) is 2. The second-order valence-corrected chi connectivity index (χ2v) is 5.79. The predicted octanol–water partition coefficient (Wildman–Crippen LogP) is 1.37. The first-order valence-electron chi connectivity index (χ1n) is 5.60. The molecule has 0 spiro atoms. The van der Waals surface area contributed by atoms with Crippen LogP contribution in [0.5, 0.6) is 0 Å². The summed E-state index contributed by atoms with van der Waals surface area (Å²) in [6, 6.07) is 0. The van der Waals surface area contributed by atoms with Gasteiger partial charge >= 0.3 is 6.09 Å². The van der Waals surface area contributed by atoms with E-state index in [1.807, 2.05) is 0 Å². The Morgan fingerprint density at radius 2 is 2.20 bits per heavy atom. The molecule has 1 amide bonds. The molecule has 2 rings (SSSR count). The van der Waals surface area contributed by atoms with Gasteiger partial charge in [0, 0.05) is 25.2 Å². The molecule has 2 aliphatic heterocycles. The first kappa shape index (κ1) is 10.7. The highest BCUT2D eigenvalue weighted by Crippen LogP contribution is 2.46. The lowest BCUT2D eigenvalue weighted by molar-refractivity contribution is -0.0636. The predicted molar refractivity (Wildman–Crippen MR) is 57.9 cm³/mol. The molecular weight excluding hydrogens is 192 g/mol. The molecule has 2 heterocycles. The van der Waals surface area contributed by atoms with E-state index in [4.69, 9.17) is 5.11 Å². The average Bonchev–Trinajstić information content (AvgIpc) is 2.04. The van der Waals surface area contributed by atoms with Crippen LogP contribution in [0.15, 0.2) is 0 Å². The Bertz CT molecular complexity index is 285. The minimum absolute atomic E-state index is 0.00361. The number of carbonyl (C=O) groups is 1. The highest BCUT2D eigenvalue weighted by Gasteiger charge is 2.56. The number of amides is 1. The zero-order valence-corrected chi connectivity index (χ0v) is 9.71. The summed E-state index contributed by atoms with van der Waals surface area (Å²) < 4.78 is 0. The smallest absolute Gasteiger partial charge is 0.407 e. The normalized spacial score (nSPS) is 35.7. The summed E-state index contributed by atoms with van der Waals surface area (Å²) >= 11 is 0. The van der Waals surface area contributed by atoms with Gasteiger partial charge in [-0.1, -0.05) is 20.8 Å². The van der Waals surface area contributed by atoms with Crippen molar-refractivity contribution in [3.8, 4) is 0 Å². The highest BCUT2D eigenvalue weighted by molar-refractivity contribution is 5.65. The molecule has 2 aliphatic rings. The lowest BCUT2D eigenvalue weighted by atomic mass is 9.58. The summed E-state index contributed by atoms with van der Waals surface area (Å²) in [4.78, 5) is 12.5. The molecular formula is C11H20N2O2. The highest BCUT2D eigenvalue weighted by atomic mass is 16.4. The molecule has 2 atom stereocenters. The lowest BCUT2D eigenvalue weighted by Gasteiger charge is -2.62. The van der Waals surface area contributed by atoms with Gasteiger partial charge < -0.3 is 15.3 Å². The van der Waals surface area contributed by atoms with Gasteiger partial charge in [-0.2, -0.15) is 0 Å². The number of nitrogens with zero attached hydrogens (tertiary/aromatic N) is 1. The number of nitrogens with one attached hydrogen (secondary N) is 1. The molecule has 0 aromatic rings. The van der Waals surface area contributed by atoms with E-state index in [1.54, 1.807) is 4.90 Å². The third-order valence-corrected chi connectivity index (χ3v) is 4.16. The van der Waals surface area contributed by atoms with E-state index in [0.29, 0.717) is 19.0 Å². The van der Waals surface area contributed by atoms with Crippen molar-refractivity contribution in [3.63, 3.8) is 0 Å². The number of carboxylic acid groups (broad SMARTS) is 1. The fourth-order valence-corrected chi connectivity index (χ4v) is 3.00. The third kappa shape index (κ3) is 1.42. The monoisotopic (exact) mass is 212 g/mol. The molecule has 4 nitrogen and oxygen atoms in total.